The topological polar surface area (TPSA) is 107 Å². The number of aromatic nitrogens is 3. The zero-order valence-corrected chi connectivity index (χ0v) is 16.3. The van der Waals surface area contributed by atoms with Gasteiger partial charge in [0.1, 0.15) is 12.0 Å². The lowest BCUT2D eigenvalue weighted by Crippen LogP contribution is -2.08. The van der Waals surface area contributed by atoms with Crippen molar-refractivity contribution >= 4 is 33.9 Å². The van der Waals surface area contributed by atoms with E-state index in [1.54, 1.807) is 0 Å². The molecular formula is C22H20N6O2. The lowest BCUT2D eigenvalue weighted by atomic mass is 10.1. The van der Waals surface area contributed by atoms with E-state index in [2.05, 4.69) is 25.6 Å². The molecular weight excluding hydrogens is 380 g/mol. The number of hydrogen-bond donors (Lipinski definition) is 3. The molecule has 0 spiro atoms. The molecule has 3 heterocycles. The van der Waals surface area contributed by atoms with Gasteiger partial charge in [-0.1, -0.05) is 24.3 Å². The highest BCUT2D eigenvalue weighted by molar-refractivity contribution is 5.93. The standard InChI is InChI=1S/C22H20N6O2/c1-13-5-7-15-3-2-4-16(20(15)27-13)28-22-19(23)21(25-11-26-22)24-10-14-6-8-17-18(9-14)30-12-29-17/h2-9,11H,10,12,23H2,1H3,(H2,24,25,26,28). The maximum atomic E-state index is 6.34. The van der Waals surface area contributed by atoms with Gasteiger partial charge in [-0.25, -0.2) is 9.97 Å². The lowest BCUT2D eigenvalue weighted by Gasteiger charge is -2.14. The van der Waals surface area contributed by atoms with Crippen molar-refractivity contribution in [3.05, 3.63) is 66.1 Å². The van der Waals surface area contributed by atoms with Crippen LogP contribution in [-0.2, 0) is 6.54 Å². The molecule has 150 valence electrons. The summed E-state index contributed by atoms with van der Waals surface area (Å²) in [7, 11) is 0. The lowest BCUT2D eigenvalue weighted by molar-refractivity contribution is 0.174. The third-order valence-corrected chi connectivity index (χ3v) is 4.89. The summed E-state index contributed by atoms with van der Waals surface area (Å²) >= 11 is 0. The van der Waals surface area contributed by atoms with Gasteiger partial charge in [0, 0.05) is 17.6 Å². The van der Waals surface area contributed by atoms with Gasteiger partial charge in [0.05, 0.1) is 11.2 Å². The zero-order chi connectivity index (χ0) is 20.5. The van der Waals surface area contributed by atoms with E-state index in [0.717, 1.165) is 39.3 Å². The predicted octanol–water partition coefficient (Wildman–Crippen LogP) is 4.00. The van der Waals surface area contributed by atoms with E-state index >= 15 is 0 Å². The normalized spacial score (nSPS) is 12.2. The van der Waals surface area contributed by atoms with Crippen LogP contribution in [0.2, 0.25) is 0 Å². The van der Waals surface area contributed by atoms with E-state index in [9.17, 15) is 0 Å². The third kappa shape index (κ3) is 3.39. The first-order chi connectivity index (χ1) is 14.7. The average Bonchev–Trinajstić information content (AvgIpc) is 3.22. The number of hydrogen-bond acceptors (Lipinski definition) is 8. The number of nitrogens with two attached hydrogens (primary N) is 1. The van der Waals surface area contributed by atoms with Gasteiger partial charge in [-0.3, -0.25) is 4.98 Å². The molecule has 1 aliphatic rings. The molecule has 8 heteroatoms. The Balaban J connectivity index is 1.38. The van der Waals surface area contributed by atoms with Crippen LogP contribution >= 0.6 is 0 Å². The minimum Gasteiger partial charge on any atom is -0.454 e. The molecule has 4 aromatic rings. The van der Waals surface area contributed by atoms with Gasteiger partial charge in [0.25, 0.3) is 0 Å². The van der Waals surface area contributed by atoms with E-state index in [1.165, 1.54) is 6.33 Å². The largest absolute Gasteiger partial charge is 0.454 e. The van der Waals surface area contributed by atoms with E-state index in [0.29, 0.717) is 23.9 Å². The summed E-state index contributed by atoms with van der Waals surface area (Å²) in [5.74, 6) is 2.57. The number of fused-ring (bicyclic) bond motifs is 2. The molecule has 0 fully saturated rings. The smallest absolute Gasteiger partial charge is 0.231 e. The second-order valence-corrected chi connectivity index (χ2v) is 6.98. The monoisotopic (exact) mass is 400 g/mol. The number of ether oxygens (including phenoxy) is 2. The average molecular weight is 400 g/mol. The van der Waals surface area contributed by atoms with Crippen LogP contribution in [0.3, 0.4) is 0 Å². The van der Waals surface area contributed by atoms with Gasteiger partial charge in [-0.05, 0) is 36.8 Å². The second kappa shape index (κ2) is 7.40. The number of anilines is 4. The molecule has 2 aromatic carbocycles. The fourth-order valence-electron chi connectivity index (χ4n) is 3.35. The first kappa shape index (κ1) is 18.0. The summed E-state index contributed by atoms with van der Waals surface area (Å²) in [6.07, 6.45) is 1.48. The molecule has 0 bridgehead atoms. The maximum Gasteiger partial charge on any atom is 0.231 e. The van der Waals surface area contributed by atoms with Crippen molar-refractivity contribution in [2.24, 2.45) is 0 Å². The number of nitrogen functional groups attached to an aromatic ring is 1. The highest BCUT2D eigenvalue weighted by atomic mass is 16.7. The first-order valence-electron chi connectivity index (χ1n) is 9.53. The number of pyridine rings is 1. The summed E-state index contributed by atoms with van der Waals surface area (Å²) in [5, 5.41) is 7.61. The molecule has 8 nitrogen and oxygen atoms in total. The number of nitrogens with zero attached hydrogens (tertiary/aromatic N) is 3. The van der Waals surface area contributed by atoms with Gasteiger partial charge < -0.3 is 25.8 Å². The van der Waals surface area contributed by atoms with E-state index in [4.69, 9.17) is 15.2 Å². The van der Waals surface area contributed by atoms with Crippen LogP contribution in [0.4, 0.5) is 23.0 Å². The third-order valence-electron chi connectivity index (χ3n) is 4.89. The highest BCUT2D eigenvalue weighted by Crippen LogP contribution is 2.33. The Bertz CT molecular complexity index is 1240. The summed E-state index contributed by atoms with van der Waals surface area (Å²) < 4.78 is 10.8. The van der Waals surface area contributed by atoms with Gasteiger partial charge in [-0.2, -0.15) is 0 Å². The first-order valence-corrected chi connectivity index (χ1v) is 9.53. The zero-order valence-electron chi connectivity index (χ0n) is 16.3. The maximum absolute atomic E-state index is 6.34. The Morgan fingerprint density at radius 3 is 2.80 bits per heavy atom. The van der Waals surface area contributed by atoms with Crippen molar-refractivity contribution in [3.63, 3.8) is 0 Å². The second-order valence-electron chi connectivity index (χ2n) is 6.98. The Hall–Kier alpha value is -4.07. The van der Waals surface area contributed by atoms with Crippen molar-refractivity contribution in [3.8, 4) is 11.5 Å². The van der Waals surface area contributed by atoms with Crippen molar-refractivity contribution in [2.45, 2.75) is 13.5 Å². The summed E-state index contributed by atoms with van der Waals surface area (Å²) in [5.41, 5.74) is 10.5. The predicted molar refractivity (Wildman–Crippen MR) is 116 cm³/mol. The van der Waals surface area contributed by atoms with Crippen molar-refractivity contribution < 1.29 is 9.47 Å². The Labute approximate surface area is 173 Å². The molecule has 0 atom stereocenters. The quantitative estimate of drug-likeness (QED) is 0.461. The molecule has 0 amide bonds. The Morgan fingerprint density at radius 1 is 1.00 bits per heavy atom. The van der Waals surface area contributed by atoms with Crippen LogP contribution in [0.1, 0.15) is 11.3 Å². The molecule has 0 radical (unpaired) electrons. The van der Waals surface area contributed by atoms with E-state index < -0.39 is 0 Å². The molecule has 1 aliphatic heterocycles. The molecule has 5 rings (SSSR count). The number of nitrogens with one attached hydrogen (secondary N) is 2. The molecule has 0 saturated heterocycles. The SMILES string of the molecule is Cc1ccc2cccc(Nc3ncnc(NCc4ccc5c(c4)OCO5)c3N)c2n1. The summed E-state index contributed by atoms with van der Waals surface area (Å²) in [4.78, 5) is 13.2. The fraction of sp³-hybridized carbons (Fsp3) is 0.136. The van der Waals surface area contributed by atoms with Crippen LogP contribution in [-0.4, -0.2) is 21.7 Å². The highest BCUT2D eigenvalue weighted by Gasteiger charge is 2.14. The van der Waals surface area contributed by atoms with Crippen molar-refractivity contribution in [2.75, 3.05) is 23.2 Å². The Kier molecular flexibility index (Phi) is 4.44. The van der Waals surface area contributed by atoms with Crippen molar-refractivity contribution in [1.82, 2.24) is 15.0 Å². The molecule has 4 N–H and O–H groups in total. The molecule has 30 heavy (non-hydrogen) atoms. The van der Waals surface area contributed by atoms with E-state index in [-0.39, 0.29) is 6.79 Å². The van der Waals surface area contributed by atoms with Gasteiger partial charge in [0.2, 0.25) is 6.79 Å². The van der Waals surface area contributed by atoms with Crippen LogP contribution in [0.25, 0.3) is 10.9 Å². The molecule has 0 unspecified atom stereocenters. The fourth-order valence-corrected chi connectivity index (χ4v) is 3.35. The van der Waals surface area contributed by atoms with Gasteiger partial charge in [-0.15, -0.1) is 0 Å². The van der Waals surface area contributed by atoms with Crippen LogP contribution in [0.15, 0.2) is 54.9 Å². The molecule has 2 aromatic heterocycles. The van der Waals surface area contributed by atoms with Crippen molar-refractivity contribution in [1.29, 1.82) is 0 Å². The minimum atomic E-state index is 0.253. The van der Waals surface area contributed by atoms with Gasteiger partial charge >= 0.3 is 0 Å². The van der Waals surface area contributed by atoms with Gasteiger partial charge in [0.15, 0.2) is 23.1 Å². The number of rotatable bonds is 5. The minimum absolute atomic E-state index is 0.253. The number of aryl methyl sites for hydroxylation is 1. The van der Waals surface area contributed by atoms with E-state index in [1.807, 2.05) is 55.5 Å². The summed E-state index contributed by atoms with van der Waals surface area (Å²) in [6.45, 7) is 2.75. The Morgan fingerprint density at radius 2 is 1.87 bits per heavy atom. The van der Waals surface area contributed by atoms with Crippen LogP contribution < -0.4 is 25.8 Å². The van der Waals surface area contributed by atoms with Crippen LogP contribution in [0, 0.1) is 6.92 Å². The summed E-state index contributed by atoms with van der Waals surface area (Å²) in [6, 6.07) is 15.8. The molecule has 0 saturated carbocycles. The number of benzene rings is 2. The molecule has 0 aliphatic carbocycles. The van der Waals surface area contributed by atoms with Crippen LogP contribution in [0.5, 0.6) is 11.5 Å². The number of para-hydroxylation sites is 1.